The lowest BCUT2D eigenvalue weighted by molar-refractivity contribution is -0.117. The summed E-state index contributed by atoms with van der Waals surface area (Å²) in [7, 11) is 0. The van der Waals surface area contributed by atoms with Crippen molar-refractivity contribution in [3.8, 4) is 0 Å². The summed E-state index contributed by atoms with van der Waals surface area (Å²) in [6, 6.07) is 12.7. The third kappa shape index (κ3) is 2.03. The van der Waals surface area contributed by atoms with Crippen molar-refractivity contribution in [1.82, 2.24) is 0 Å². The summed E-state index contributed by atoms with van der Waals surface area (Å²) in [6.45, 7) is 4.15. The normalized spacial score (nSPS) is 22.7. The van der Waals surface area contributed by atoms with Crippen LogP contribution >= 0.6 is 0 Å². The minimum atomic E-state index is -0.306. The van der Waals surface area contributed by atoms with E-state index in [4.69, 9.17) is 0 Å². The van der Waals surface area contributed by atoms with Crippen LogP contribution < -0.4 is 4.90 Å². The van der Waals surface area contributed by atoms with Gasteiger partial charge in [0.15, 0.2) is 0 Å². The molecule has 1 saturated heterocycles. The van der Waals surface area contributed by atoms with Gasteiger partial charge in [0.2, 0.25) is 5.91 Å². The highest BCUT2D eigenvalue weighted by Crippen LogP contribution is 2.48. The molecule has 116 valence electrons. The molecule has 4 rings (SSSR count). The second-order valence-electron chi connectivity index (χ2n) is 6.62. The Hall–Kier alpha value is -2.42. The number of amides is 1. The predicted octanol–water partition coefficient (Wildman–Crippen LogP) is 4.46. The monoisotopic (exact) mass is 307 g/mol. The minimum absolute atomic E-state index is 0.178. The summed E-state index contributed by atoms with van der Waals surface area (Å²) in [4.78, 5) is 14.4. The van der Waals surface area contributed by atoms with Crippen molar-refractivity contribution >= 4 is 17.2 Å². The van der Waals surface area contributed by atoms with Gasteiger partial charge >= 0.3 is 0 Å². The standard InChI is InChI=1S/C20H18FNO/c1-13-4-3-5-16-17(14-6-8-15(21)9-7-14)12-20(2)11-10-18(23)22(20)19(13)16/h3-9,12H,10-11H2,1-2H3. The number of aryl methyl sites for hydroxylation is 1. The van der Waals surface area contributed by atoms with Crippen molar-refractivity contribution in [3.63, 3.8) is 0 Å². The van der Waals surface area contributed by atoms with Gasteiger partial charge in [-0.1, -0.05) is 36.4 Å². The zero-order chi connectivity index (χ0) is 16.2. The first kappa shape index (κ1) is 14.2. The van der Waals surface area contributed by atoms with E-state index in [2.05, 4.69) is 13.0 Å². The molecule has 2 heterocycles. The molecule has 1 unspecified atom stereocenters. The average molecular weight is 307 g/mol. The molecule has 23 heavy (non-hydrogen) atoms. The van der Waals surface area contributed by atoms with Crippen LogP contribution in [0.2, 0.25) is 0 Å². The lowest BCUT2D eigenvalue weighted by atomic mass is 9.83. The highest BCUT2D eigenvalue weighted by atomic mass is 19.1. The van der Waals surface area contributed by atoms with Crippen LogP contribution in [0.1, 0.15) is 36.5 Å². The molecule has 2 nitrogen and oxygen atoms in total. The first-order chi connectivity index (χ1) is 11.0. The number of carbonyl (C=O) groups is 1. The Kier molecular flexibility index (Phi) is 2.95. The van der Waals surface area contributed by atoms with E-state index in [1.807, 2.05) is 42.2 Å². The van der Waals surface area contributed by atoms with Gasteiger partial charge in [0, 0.05) is 12.0 Å². The molecule has 0 aliphatic carbocycles. The van der Waals surface area contributed by atoms with E-state index >= 15 is 0 Å². The number of halogens is 1. The molecule has 1 fully saturated rings. The minimum Gasteiger partial charge on any atom is -0.302 e. The number of carbonyl (C=O) groups excluding carboxylic acids is 1. The van der Waals surface area contributed by atoms with Crippen LogP contribution in [0, 0.1) is 12.7 Å². The van der Waals surface area contributed by atoms with Crippen molar-refractivity contribution in [2.24, 2.45) is 0 Å². The second-order valence-corrected chi connectivity index (χ2v) is 6.62. The second kappa shape index (κ2) is 4.79. The van der Waals surface area contributed by atoms with Crippen LogP contribution in [0.25, 0.3) is 5.57 Å². The molecule has 1 atom stereocenters. The topological polar surface area (TPSA) is 20.3 Å². The van der Waals surface area contributed by atoms with Crippen molar-refractivity contribution in [3.05, 3.63) is 71.0 Å². The van der Waals surface area contributed by atoms with Gasteiger partial charge in [-0.3, -0.25) is 4.79 Å². The molecule has 2 aromatic rings. The van der Waals surface area contributed by atoms with Crippen molar-refractivity contribution in [1.29, 1.82) is 0 Å². The number of benzene rings is 2. The van der Waals surface area contributed by atoms with Crippen LogP contribution in [-0.2, 0) is 4.79 Å². The van der Waals surface area contributed by atoms with E-state index in [-0.39, 0.29) is 17.3 Å². The highest BCUT2D eigenvalue weighted by Gasteiger charge is 2.45. The summed E-state index contributed by atoms with van der Waals surface area (Å²) >= 11 is 0. The van der Waals surface area contributed by atoms with E-state index in [9.17, 15) is 9.18 Å². The number of nitrogens with zero attached hydrogens (tertiary/aromatic N) is 1. The Balaban J connectivity index is 1.99. The maximum Gasteiger partial charge on any atom is 0.227 e. The van der Waals surface area contributed by atoms with Crippen LogP contribution in [-0.4, -0.2) is 11.4 Å². The summed E-state index contributed by atoms with van der Waals surface area (Å²) < 4.78 is 13.3. The number of hydrogen-bond acceptors (Lipinski definition) is 1. The fourth-order valence-corrected chi connectivity index (χ4v) is 3.82. The molecule has 0 saturated carbocycles. The number of hydrogen-bond donors (Lipinski definition) is 0. The molecule has 1 amide bonds. The number of anilines is 1. The Morgan fingerprint density at radius 2 is 1.87 bits per heavy atom. The summed E-state index contributed by atoms with van der Waals surface area (Å²) in [5.41, 5.74) is 4.90. The Labute approximate surface area is 135 Å². The summed E-state index contributed by atoms with van der Waals surface area (Å²) in [5.74, 6) is -0.0593. The molecule has 0 radical (unpaired) electrons. The van der Waals surface area contributed by atoms with E-state index < -0.39 is 0 Å². The first-order valence-electron chi connectivity index (χ1n) is 7.91. The van der Waals surface area contributed by atoms with Crippen LogP contribution in [0.4, 0.5) is 10.1 Å². The zero-order valence-corrected chi connectivity index (χ0v) is 13.3. The van der Waals surface area contributed by atoms with E-state index in [1.54, 1.807) is 0 Å². The number of para-hydroxylation sites is 1. The van der Waals surface area contributed by atoms with Gasteiger partial charge in [0.05, 0.1) is 11.2 Å². The third-order valence-corrected chi connectivity index (χ3v) is 4.97. The Morgan fingerprint density at radius 1 is 1.13 bits per heavy atom. The molecular weight excluding hydrogens is 289 g/mol. The predicted molar refractivity (Wildman–Crippen MR) is 89.8 cm³/mol. The SMILES string of the molecule is Cc1cccc2c1N1C(=O)CCC1(C)C=C2c1ccc(F)cc1. The Bertz CT molecular complexity index is 837. The quantitative estimate of drug-likeness (QED) is 0.761. The van der Waals surface area contributed by atoms with Gasteiger partial charge in [-0.25, -0.2) is 4.39 Å². The largest absolute Gasteiger partial charge is 0.302 e. The third-order valence-electron chi connectivity index (χ3n) is 4.97. The molecule has 3 heteroatoms. The van der Waals surface area contributed by atoms with Crippen molar-refractivity contribution in [2.45, 2.75) is 32.2 Å². The molecule has 0 N–H and O–H groups in total. The fraction of sp³-hybridized carbons (Fsp3) is 0.250. The first-order valence-corrected chi connectivity index (χ1v) is 7.91. The van der Waals surface area contributed by atoms with Crippen LogP contribution in [0.5, 0.6) is 0 Å². The molecule has 0 spiro atoms. The maximum atomic E-state index is 13.3. The fourth-order valence-electron chi connectivity index (χ4n) is 3.82. The lowest BCUT2D eigenvalue weighted by Gasteiger charge is -2.40. The van der Waals surface area contributed by atoms with Gasteiger partial charge in [-0.2, -0.15) is 0 Å². The number of rotatable bonds is 1. The van der Waals surface area contributed by atoms with E-state index in [0.717, 1.165) is 34.4 Å². The maximum absolute atomic E-state index is 13.3. The molecular formula is C20H18FNO. The molecule has 2 aliphatic heterocycles. The van der Waals surface area contributed by atoms with Crippen LogP contribution in [0.3, 0.4) is 0 Å². The van der Waals surface area contributed by atoms with Crippen molar-refractivity contribution < 1.29 is 9.18 Å². The Morgan fingerprint density at radius 3 is 2.61 bits per heavy atom. The van der Waals surface area contributed by atoms with Gasteiger partial charge in [-0.15, -0.1) is 0 Å². The van der Waals surface area contributed by atoms with E-state index in [0.29, 0.717) is 6.42 Å². The molecule has 0 aromatic heterocycles. The zero-order valence-electron chi connectivity index (χ0n) is 13.3. The molecule has 0 bridgehead atoms. The van der Waals surface area contributed by atoms with E-state index in [1.165, 1.54) is 12.1 Å². The van der Waals surface area contributed by atoms with Gasteiger partial charge in [0.1, 0.15) is 5.82 Å². The smallest absolute Gasteiger partial charge is 0.227 e. The highest BCUT2D eigenvalue weighted by molar-refractivity contribution is 6.05. The van der Waals surface area contributed by atoms with Gasteiger partial charge in [0.25, 0.3) is 0 Å². The molecule has 2 aromatic carbocycles. The summed E-state index contributed by atoms with van der Waals surface area (Å²) in [6.07, 6.45) is 3.55. The van der Waals surface area contributed by atoms with Crippen LogP contribution in [0.15, 0.2) is 48.5 Å². The summed E-state index contributed by atoms with van der Waals surface area (Å²) in [5, 5.41) is 0. The number of fused-ring (bicyclic) bond motifs is 3. The lowest BCUT2D eigenvalue weighted by Crippen LogP contribution is -2.45. The van der Waals surface area contributed by atoms with Crippen molar-refractivity contribution in [2.75, 3.05) is 4.90 Å². The average Bonchev–Trinajstić information content (AvgIpc) is 2.83. The van der Waals surface area contributed by atoms with Gasteiger partial charge in [-0.05, 0) is 49.1 Å². The molecule has 2 aliphatic rings. The van der Waals surface area contributed by atoms with Gasteiger partial charge < -0.3 is 4.90 Å².